The van der Waals surface area contributed by atoms with Gasteiger partial charge in [0.15, 0.2) is 12.4 Å². The lowest BCUT2D eigenvalue weighted by atomic mass is 9.83. The van der Waals surface area contributed by atoms with Crippen molar-refractivity contribution in [2.24, 2.45) is 0 Å². The van der Waals surface area contributed by atoms with E-state index in [0.29, 0.717) is 5.69 Å². The fourth-order valence-electron chi connectivity index (χ4n) is 4.95. The molecule has 192 valence electrons. The van der Waals surface area contributed by atoms with Crippen molar-refractivity contribution in [2.75, 3.05) is 50.6 Å². The molecule has 2 aliphatic heterocycles. The Morgan fingerprint density at radius 2 is 1.72 bits per heavy atom. The van der Waals surface area contributed by atoms with Crippen molar-refractivity contribution in [2.45, 2.75) is 37.0 Å². The third-order valence-electron chi connectivity index (χ3n) is 7.00. The van der Waals surface area contributed by atoms with E-state index in [9.17, 15) is 18.0 Å². The van der Waals surface area contributed by atoms with Crippen LogP contribution in [0.4, 0.5) is 11.4 Å². The number of para-hydroxylation sites is 1. The van der Waals surface area contributed by atoms with Crippen molar-refractivity contribution in [3.8, 4) is 0 Å². The van der Waals surface area contributed by atoms with E-state index in [1.54, 1.807) is 6.07 Å². The zero-order chi connectivity index (χ0) is 26.3. The Morgan fingerprint density at radius 1 is 1.06 bits per heavy atom. The van der Waals surface area contributed by atoms with Crippen LogP contribution in [0.25, 0.3) is 0 Å². The number of fused-ring (bicyclic) bond motifs is 1. The highest BCUT2D eigenvalue weighted by atomic mass is 32.2. The van der Waals surface area contributed by atoms with Gasteiger partial charge in [-0.15, -0.1) is 0 Å². The third-order valence-corrected chi connectivity index (χ3v) is 8.81. The van der Waals surface area contributed by atoms with E-state index in [1.807, 2.05) is 41.1 Å². The Balaban J connectivity index is 1.56. The first-order valence-corrected chi connectivity index (χ1v) is 13.5. The summed E-state index contributed by atoms with van der Waals surface area (Å²) in [6, 6.07) is 12.5. The largest absolute Gasteiger partial charge is 0.454 e. The lowest BCUT2D eigenvalue weighted by Crippen LogP contribution is -2.26. The molecule has 2 aromatic carbocycles. The second-order valence-corrected chi connectivity index (χ2v) is 12.1. The number of ketones is 1. The first-order valence-electron chi connectivity index (χ1n) is 12.0. The molecule has 0 bridgehead atoms. The molecule has 0 aromatic heterocycles. The van der Waals surface area contributed by atoms with Gasteiger partial charge in [-0.3, -0.25) is 4.79 Å². The minimum atomic E-state index is -3.74. The fourth-order valence-corrected chi connectivity index (χ4v) is 5.88. The minimum Gasteiger partial charge on any atom is -0.454 e. The normalized spacial score (nSPS) is 18.1. The van der Waals surface area contributed by atoms with E-state index in [0.717, 1.165) is 47.2 Å². The van der Waals surface area contributed by atoms with E-state index < -0.39 is 22.6 Å². The van der Waals surface area contributed by atoms with Gasteiger partial charge in [-0.05, 0) is 42.7 Å². The van der Waals surface area contributed by atoms with Gasteiger partial charge in [0, 0.05) is 57.1 Å². The van der Waals surface area contributed by atoms with Crippen LogP contribution in [-0.2, 0) is 25.0 Å². The van der Waals surface area contributed by atoms with Crippen LogP contribution in [-0.4, -0.2) is 65.3 Å². The van der Waals surface area contributed by atoms with Crippen LogP contribution in [0.1, 0.15) is 42.6 Å². The number of allylic oxidation sites excluding steroid dienone is 1. The molecular formula is C27H33N3O5S. The number of nitrogens with zero attached hydrogens (tertiary/aromatic N) is 3. The molecule has 1 fully saturated rings. The molecule has 2 aliphatic rings. The van der Waals surface area contributed by atoms with Crippen LogP contribution in [0.2, 0.25) is 0 Å². The van der Waals surface area contributed by atoms with Crippen molar-refractivity contribution in [1.29, 1.82) is 0 Å². The number of carbonyl (C=O) groups is 2. The highest BCUT2D eigenvalue weighted by Crippen LogP contribution is 2.46. The molecule has 0 amide bonds. The molecular weight excluding hydrogens is 478 g/mol. The number of ether oxygens (including phenoxy) is 1. The number of hydrogen-bond donors (Lipinski definition) is 0. The van der Waals surface area contributed by atoms with Gasteiger partial charge >= 0.3 is 5.97 Å². The lowest BCUT2D eigenvalue weighted by Gasteiger charge is -2.24. The van der Waals surface area contributed by atoms with E-state index in [2.05, 4.69) is 13.8 Å². The van der Waals surface area contributed by atoms with Crippen LogP contribution in [0.15, 0.2) is 59.1 Å². The lowest BCUT2D eigenvalue weighted by molar-refractivity contribution is -0.117. The van der Waals surface area contributed by atoms with Gasteiger partial charge in [0.2, 0.25) is 10.0 Å². The van der Waals surface area contributed by atoms with Gasteiger partial charge in [-0.1, -0.05) is 32.0 Å². The maximum Gasteiger partial charge on any atom is 0.340 e. The average Bonchev–Trinajstić information content (AvgIpc) is 3.45. The standard InChI is InChI=1S/C27H33N3O5S/c1-27(2)22-10-6-7-11-24(22)29(5)25(27)16-19(31)18-35-26(32)21-17-20(36(33,34)28(3)4)12-13-23(21)30-14-8-9-15-30/h6-7,10-13,16-17H,8-9,14-15,18H2,1-5H3/b25-16-. The molecule has 0 radical (unpaired) electrons. The first kappa shape index (κ1) is 25.9. The quantitative estimate of drug-likeness (QED) is 0.415. The molecule has 2 aromatic rings. The molecule has 36 heavy (non-hydrogen) atoms. The van der Waals surface area contributed by atoms with Crippen LogP contribution in [0, 0.1) is 0 Å². The van der Waals surface area contributed by atoms with E-state index in [4.69, 9.17) is 4.74 Å². The Morgan fingerprint density at radius 3 is 2.36 bits per heavy atom. The van der Waals surface area contributed by atoms with Crippen LogP contribution in [0.3, 0.4) is 0 Å². The smallest absolute Gasteiger partial charge is 0.340 e. The average molecular weight is 512 g/mol. The molecule has 1 saturated heterocycles. The summed E-state index contributed by atoms with van der Waals surface area (Å²) in [7, 11) is 1.05. The number of benzene rings is 2. The van der Waals surface area contributed by atoms with Gasteiger partial charge in [-0.25, -0.2) is 17.5 Å². The van der Waals surface area contributed by atoms with Crippen molar-refractivity contribution in [3.05, 3.63) is 65.4 Å². The van der Waals surface area contributed by atoms with Crippen LogP contribution in [0.5, 0.6) is 0 Å². The van der Waals surface area contributed by atoms with Gasteiger partial charge in [0.1, 0.15) is 0 Å². The first-order chi connectivity index (χ1) is 16.9. The van der Waals surface area contributed by atoms with Crippen LogP contribution < -0.4 is 9.80 Å². The molecule has 0 N–H and O–H groups in total. The third kappa shape index (κ3) is 4.65. The number of hydrogen-bond acceptors (Lipinski definition) is 7. The summed E-state index contributed by atoms with van der Waals surface area (Å²) >= 11 is 0. The zero-order valence-corrected chi connectivity index (χ0v) is 22.3. The number of esters is 1. The Kier molecular flexibility index (Phi) is 6.99. The molecule has 0 atom stereocenters. The number of anilines is 2. The van der Waals surface area contributed by atoms with E-state index in [1.165, 1.54) is 32.3 Å². The molecule has 9 heteroatoms. The van der Waals surface area contributed by atoms with Crippen molar-refractivity contribution in [1.82, 2.24) is 4.31 Å². The molecule has 0 saturated carbocycles. The molecule has 2 heterocycles. The van der Waals surface area contributed by atoms with Crippen molar-refractivity contribution in [3.63, 3.8) is 0 Å². The summed E-state index contributed by atoms with van der Waals surface area (Å²) in [6.07, 6.45) is 3.51. The molecule has 0 aliphatic carbocycles. The summed E-state index contributed by atoms with van der Waals surface area (Å²) in [5.41, 5.74) is 3.37. The Bertz CT molecular complexity index is 1320. The predicted octanol–water partition coefficient (Wildman–Crippen LogP) is 3.57. The monoisotopic (exact) mass is 511 g/mol. The summed E-state index contributed by atoms with van der Waals surface area (Å²) in [4.78, 5) is 30.1. The van der Waals surface area contributed by atoms with Gasteiger partial charge in [0.25, 0.3) is 0 Å². The van der Waals surface area contributed by atoms with E-state index in [-0.39, 0.29) is 21.7 Å². The minimum absolute atomic E-state index is 0.00272. The zero-order valence-electron chi connectivity index (χ0n) is 21.4. The number of carbonyl (C=O) groups excluding carboxylic acids is 2. The second kappa shape index (κ2) is 9.71. The second-order valence-electron chi connectivity index (χ2n) is 9.93. The molecule has 0 spiro atoms. The summed E-state index contributed by atoms with van der Waals surface area (Å²) in [6.45, 7) is 5.21. The maximum absolute atomic E-state index is 13.1. The van der Waals surface area contributed by atoms with Gasteiger partial charge in [0.05, 0.1) is 16.1 Å². The van der Waals surface area contributed by atoms with Gasteiger partial charge in [-0.2, -0.15) is 0 Å². The molecule has 4 rings (SSSR count). The highest BCUT2D eigenvalue weighted by molar-refractivity contribution is 7.89. The summed E-state index contributed by atoms with van der Waals surface area (Å²) in [5.74, 6) is -1.06. The Labute approximate surface area is 213 Å². The fraction of sp³-hybridized carbons (Fsp3) is 0.407. The van der Waals surface area contributed by atoms with E-state index >= 15 is 0 Å². The SMILES string of the molecule is CN1/C(=C\C(=O)COC(=O)c2cc(S(=O)(=O)N(C)C)ccc2N2CCCC2)C(C)(C)c2ccccc21. The molecule has 0 unspecified atom stereocenters. The molecule has 8 nitrogen and oxygen atoms in total. The number of sulfonamides is 1. The number of rotatable bonds is 7. The van der Waals surface area contributed by atoms with Crippen molar-refractivity contribution < 1.29 is 22.7 Å². The topological polar surface area (TPSA) is 87.2 Å². The summed E-state index contributed by atoms with van der Waals surface area (Å²) in [5, 5.41) is 0. The Hall–Kier alpha value is -3.17. The summed E-state index contributed by atoms with van der Waals surface area (Å²) < 4.78 is 31.9. The maximum atomic E-state index is 13.1. The van der Waals surface area contributed by atoms with Crippen LogP contribution >= 0.6 is 0 Å². The number of likely N-dealkylation sites (N-methyl/N-ethyl adjacent to an activating group) is 1. The van der Waals surface area contributed by atoms with Gasteiger partial charge < -0.3 is 14.5 Å². The predicted molar refractivity (Wildman–Crippen MR) is 140 cm³/mol. The van der Waals surface area contributed by atoms with Crippen molar-refractivity contribution >= 4 is 33.2 Å². The highest BCUT2D eigenvalue weighted by Gasteiger charge is 2.38.